The SMILES string of the molecule is CC1OC(OC2C(O)CC(c3ccc4c(c3O)C(=O)c3ccc(CC(C)(O)CC(=O)O)c(O)c3C4=O)OC2C)CCC1=O. The molecule has 2 aromatic rings. The molecule has 5 N–H and O–H groups in total. The van der Waals surface area contributed by atoms with Gasteiger partial charge in [-0.15, -0.1) is 0 Å². The number of carboxylic acid groups (broad SMARTS) is 1. The number of ether oxygens (including phenoxy) is 3. The summed E-state index contributed by atoms with van der Waals surface area (Å²) in [5.74, 6) is -3.74. The number of aliphatic carboxylic acids is 1. The number of ketones is 3. The van der Waals surface area contributed by atoms with Gasteiger partial charge in [0.2, 0.25) is 0 Å². The first-order valence-electron chi connectivity index (χ1n) is 14.1. The van der Waals surface area contributed by atoms with Crippen LogP contribution in [0.25, 0.3) is 0 Å². The van der Waals surface area contributed by atoms with Crippen LogP contribution in [0.2, 0.25) is 0 Å². The second-order valence-electron chi connectivity index (χ2n) is 11.8. The second kappa shape index (κ2) is 11.4. The zero-order chi connectivity index (χ0) is 31.4. The molecule has 0 radical (unpaired) electrons. The molecule has 3 aliphatic rings. The van der Waals surface area contributed by atoms with Crippen molar-refractivity contribution >= 4 is 23.3 Å². The van der Waals surface area contributed by atoms with Crippen molar-refractivity contribution in [1.82, 2.24) is 0 Å². The van der Waals surface area contributed by atoms with E-state index in [1.165, 1.54) is 31.2 Å². The maximum absolute atomic E-state index is 13.6. The molecule has 0 spiro atoms. The number of benzene rings is 2. The van der Waals surface area contributed by atoms with E-state index < -0.39 is 77.9 Å². The zero-order valence-electron chi connectivity index (χ0n) is 23.9. The number of carboxylic acids is 1. The predicted octanol–water partition coefficient (Wildman–Crippen LogP) is 2.33. The van der Waals surface area contributed by atoms with Crippen LogP contribution in [-0.2, 0) is 30.2 Å². The third-order valence-corrected chi connectivity index (χ3v) is 8.29. The lowest BCUT2D eigenvalue weighted by Crippen LogP contribution is -2.49. The molecule has 5 rings (SSSR count). The van der Waals surface area contributed by atoms with Crippen molar-refractivity contribution in [3.8, 4) is 11.5 Å². The van der Waals surface area contributed by atoms with E-state index in [1.54, 1.807) is 13.8 Å². The average Bonchev–Trinajstić information content (AvgIpc) is 2.91. The van der Waals surface area contributed by atoms with Crippen molar-refractivity contribution < 1.29 is 58.9 Å². The maximum atomic E-state index is 13.6. The van der Waals surface area contributed by atoms with Crippen molar-refractivity contribution in [2.45, 2.75) is 95.3 Å². The minimum Gasteiger partial charge on any atom is -0.507 e. The van der Waals surface area contributed by atoms with Crippen LogP contribution in [0.3, 0.4) is 0 Å². The molecular weight excluding hydrogens is 564 g/mol. The smallest absolute Gasteiger partial charge is 0.306 e. The Labute approximate surface area is 246 Å². The number of carbonyl (C=O) groups is 4. The normalized spacial score (nSPS) is 28.6. The van der Waals surface area contributed by atoms with Gasteiger partial charge in [-0.3, -0.25) is 19.2 Å². The van der Waals surface area contributed by atoms with E-state index in [0.29, 0.717) is 12.8 Å². The third-order valence-electron chi connectivity index (χ3n) is 8.29. The third kappa shape index (κ3) is 5.80. The molecule has 0 aromatic heterocycles. The molecule has 12 nitrogen and oxygen atoms in total. The Morgan fingerprint density at radius 3 is 2.23 bits per heavy atom. The molecule has 0 amide bonds. The molecule has 2 saturated heterocycles. The minimum absolute atomic E-state index is 0.00169. The van der Waals surface area contributed by atoms with Crippen molar-refractivity contribution in [3.63, 3.8) is 0 Å². The number of aliphatic hydroxyl groups excluding tert-OH is 1. The van der Waals surface area contributed by atoms with Crippen molar-refractivity contribution in [3.05, 3.63) is 57.6 Å². The largest absolute Gasteiger partial charge is 0.507 e. The Morgan fingerprint density at radius 1 is 1.00 bits per heavy atom. The number of aromatic hydroxyl groups is 2. The van der Waals surface area contributed by atoms with Gasteiger partial charge in [0.05, 0.1) is 41.5 Å². The van der Waals surface area contributed by atoms with Gasteiger partial charge in [-0.25, -0.2) is 0 Å². The fourth-order valence-electron chi connectivity index (χ4n) is 6.12. The molecule has 2 aliphatic heterocycles. The van der Waals surface area contributed by atoms with Crippen molar-refractivity contribution in [1.29, 1.82) is 0 Å². The average molecular weight is 599 g/mol. The number of phenols is 2. The minimum atomic E-state index is -1.73. The first-order chi connectivity index (χ1) is 20.2. The van der Waals surface area contributed by atoms with Crippen molar-refractivity contribution in [2.24, 2.45) is 0 Å². The van der Waals surface area contributed by atoms with Crippen LogP contribution in [-0.4, -0.2) is 85.2 Å². The van der Waals surface area contributed by atoms with Gasteiger partial charge >= 0.3 is 5.97 Å². The number of aliphatic hydroxyl groups is 2. The van der Waals surface area contributed by atoms with Crippen LogP contribution >= 0.6 is 0 Å². The van der Waals surface area contributed by atoms with Gasteiger partial charge in [-0.05, 0) is 38.5 Å². The molecule has 0 saturated carbocycles. The standard InChI is InChI=1S/C31H34O12/c1-13-19(32)8-9-23(42-13)43-30-14(2)41-21(10-20(30)33)16-6-7-18-25(27(16)37)29(39)17-5-4-15(26(36)24(17)28(18)38)11-31(3,40)12-22(34)35/h4-7,13-14,20-21,23,30,33,36-37,40H,8-12H2,1-3H3,(H,34,35). The van der Waals surface area contributed by atoms with Crippen LogP contribution in [0.4, 0.5) is 0 Å². The van der Waals surface area contributed by atoms with Crippen LogP contribution in [0.15, 0.2) is 24.3 Å². The molecule has 2 aromatic carbocycles. The first kappa shape index (κ1) is 30.8. The van der Waals surface area contributed by atoms with Gasteiger partial charge in [0, 0.05) is 42.4 Å². The Morgan fingerprint density at radius 2 is 1.63 bits per heavy atom. The van der Waals surface area contributed by atoms with Gasteiger partial charge in [0.15, 0.2) is 23.6 Å². The van der Waals surface area contributed by atoms with Crippen LogP contribution in [0, 0.1) is 0 Å². The lowest BCUT2D eigenvalue weighted by atomic mass is 9.79. The summed E-state index contributed by atoms with van der Waals surface area (Å²) < 4.78 is 17.6. The van der Waals surface area contributed by atoms with E-state index in [-0.39, 0.29) is 52.0 Å². The summed E-state index contributed by atoms with van der Waals surface area (Å²) in [6.45, 7) is 4.61. The number of Topliss-reactive ketones (excluding diaryl/α,β-unsaturated/α-hetero) is 1. The summed E-state index contributed by atoms with van der Waals surface area (Å²) in [5.41, 5.74) is -2.32. The lowest BCUT2D eigenvalue weighted by molar-refractivity contribution is -0.263. The van der Waals surface area contributed by atoms with Gasteiger partial charge < -0.3 is 39.7 Å². The highest BCUT2D eigenvalue weighted by Crippen LogP contribution is 2.44. The highest BCUT2D eigenvalue weighted by Gasteiger charge is 2.42. The Bertz CT molecular complexity index is 1480. The highest BCUT2D eigenvalue weighted by atomic mass is 16.7. The molecule has 7 unspecified atom stereocenters. The maximum Gasteiger partial charge on any atom is 0.306 e. The van der Waals surface area contributed by atoms with E-state index in [4.69, 9.17) is 19.3 Å². The quantitative estimate of drug-likeness (QED) is 0.267. The molecule has 1 aliphatic carbocycles. The number of phenolic OH excluding ortho intramolecular Hbond substituents is 2. The van der Waals surface area contributed by atoms with E-state index in [0.717, 1.165) is 0 Å². The molecule has 12 heteroatoms. The molecule has 43 heavy (non-hydrogen) atoms. The van der Waals surface area contributed by atoms with E-state index in [9.17, 15) is 39.6 Å². The summed E-state index contributed by atoms with van der Waals surface area (Å²) in [6.07, 6.45) is -4.84. The Hall–Kier alpha value is -3.68. The second-order valence-corrected chi connectivity index (χ2v) is 11.8. The monoisotopic (exact) mass is 598 g/mol. The summed E-state index contributed by atoms with van der Waals surface area (Å²) in [5, 5.41) is 52.6. The number of carbonyl (C=O) groups excluding carboxylic acids is 3. The molecule has 7 atom stereocenters. The topological polar surface area (TPSA) is 197 Å². The Balaban J connectivity index is 1.38. The Kier molecular flexibility index (Phi) is 8.18. The predicted molar refractivity (Wildman–Crippen MR) is 147 cm³/mol. The van der Waals surface area contributed by atoms with E-state index in [2.05, 4.69) is 0 Å². The highest BCUT2D eigenvalue weighted by molar-refractivity contribution is 6.30. The van der Waals surface area contributed by atoms with Crippen LogP contribution < -0.4 is 0 Å². The number of hydrogen-bond acceptors (Lipinski definition) is 11. The van der Waals surface area contributed by atoms with Crippen LogP contribution in [0.5, 0.6) is 11.5 Å². The summed E-state index contributed by atoms with van der Waals surface area (Å²) in [4.78, 5) is 49.9. The van der Waals surface area contributed by atoms with E-state index >= 15 is 0 Å². The first-order valence-corrected chi connectivity index (χ1v) is 14.1. The number of hydrogen-bond donors (Lipinski definition) is 5. The number of rotatable bonds is 7. The lowest BCUT2D eigenvalue weighted by Gasteiger charge is -2.41. The molecular formula is C31H34O12. The fraction of sp³-hybridized carbons (Fsp3) is 0.484. The van der Waals surface area contributed by atoms with Crippen LogP contribution in [0.1, 0.15) is 95.5 Å². The molecule has 230 valence electrons. The summed E-state index contributed by atoms with van der Waals surface area (Å²) >= 11 is 0. The van der Waals surface area contributed by atoms with Crippen molar-refractivity contribution in [2.75, 3.05) is 0 Å². The van der Waals surface area contributed by atoms with Gasteiger partial charge in [-0.2, -0.15) is 0 Å². The molecule has 2 fully saturated rings. The molecule has 2 heterocycles. The van der Waals surface area contributed by atoms with Gasteiger partial charge in [0.1, 0.15) is 23.7 Å². The zero-order valence-corrected chi connectivity index (χ0v) is 23.9. The van der Waals surface area contributed by atoms with Gasteiger partial charge in [0.25, 0.3) is 0 Å². The number of fused-ring (bicyclic) bond motifs is 2. The molecule has 0 bridgehead atoms. The summed E-state index contributed by atoms with van der Waals surface area (Å²) in [7, 11) is 0. The fourth-order valence-corrected chi connectivity index (χ4v) is 6.12. The van der Waals surface area contributed by atoms with E-state index in [1.807, 2.05) is 0 Å². The van der Waals surface area contributed by atoms with Gasteiger partial charge in [-0.1, -0.05) is 12.1 Å². The summed E-state index contributed by atoms with van der Waals surface area (Å²) in [6, 6.07) is 5.39.